The number of methoxy groups -OCH3 is 1. The zero-order valence-electron chi connectivity index (χ0n) is 17.4. The maximum Gasteiger partial charge on any atom is 0.327 e. The first kappa shape index (κ1) is 20.2. The standard InChI is InChI=1S/C22H31N3O4/c1-23-20(26)22(10-13-24(14-11-22)18-8-15-29-16-9-18)25(21(23)27)12-7-17-3-5-19(28-2)6-4-17/h3-6,18H,7-16H2,1-2H3. The molecule has 3 amide bonds. The molecule has 0 bridgehead atoms. The lowest BCUT2D eigenvalue weighted by molar-refractivity contribution is -0.135. The Morgan fingerprint density at radius 1 is 1.10 bits per heavy atom. The van der Waals surface area contributed by atoms with E-state index in [9.17, 15) is 9.59 Å². The zero-order valence-corrected chi connectivity index (χ0v) is 17.4. The summed E-state index contributed by atoms with van der Waals surface area (Å²) in [7, 11) is 3.26. The van der Waals surface area contributed by atoms with Gasteiger partial charge < -0.3 is 19.3 Å². The predicted octanol–water partition coefficient (Wildman–Crippen LogP) is 2.15. The molecule has 0 saturated carbocycles. The van der Waals surface area contributed by atoms with Crippen LogP contribution < -0.4 is 4.74 Å². The van der Waals surface area contributed by atoms with Crippen LogP contribution >= 0.6 is 0 Å². The fraction of sp³-hybridized carbons (Fsp3) is 0.636. The van der Waals surface area contributed by atoms with E-state index >= 15 is 0 Å². The van der Waals surface area contributed by atoms with Gasteiger partial charge in [-0.15, -0.1) is 0 Å². The van der Waals surface area contributed by atoms with E-state index in [-0.39, 0.29) is 11.9 Å². The number of carbonyl (C=O) groups is 2. The van der Waals surface area contributed by atoms with Crippen LogP contribution in [0.15, 0.2) is 24.3 Å². The molecule has 0 N–H and O–H groups in total. The third kappa shape index (κ3) is 3.73. The van der Waals surface area contributed by atoms with Gasteiger partial charge in [0.25, 0.3) is 5.91 Å². The molecule has 7 nitrogen and oxygen atoms in total. The van der Waals surface area contributed by atoms with Crippen LogP contribution in [0.5, 0.6) is 5.75 Å². The van der Waals surface area contributed by atoms with Crippen LogP contribution in [-0.2, 0) is 16.0 Å². The van der Waals surface area contributed by atoms with Crippen LogP contribution in [0.1, 0.15) is 31.2 Å². The van der Waals surface area contributed by atoms with Crippen molar-refractivity contribution >= 4 is 11.9 Å². The van der Waals surface area contributed by atoms with Gasteiger partial charge in [0.15, 0.2) is 0 Å². The van der Waals surface area contributed by atoms with Gasteiger partial charge in [0.1, 0.15) is 11.3 Å². The number of hydrogen-bond donors (Lipinski definition) is 0. The maximum atomic E-state index is 13.1. The Kier molecular flexibility index (Phi) is 5.79. The molecular weight excluding hydrogens is 370 g/mol. The summed E-state index contributed by atoms with van der Waals surface area (Å²) in [5, 5.41) is 0. The van der Waals surface area contributed by atoms with E-state index in [0.29, 0.717) is 25.4 Å². The molecular formula is C22H31N3O4. The molecule has 0 radical (unpaired) electrons. The summed E-state index contributed by atoms with van der Waals surface area (Å²) in [6.45, 7) is 3.91. The molecule has 7 heteroatoms. The molecule has 3 saturated heterocycles. The molecule has 4 rings (SSSR count). The summed E-state index contributed by atoms with van der Waals surface area (Å²) < 4.78 is 10.7. The van der Waals surface area contributed by atoms with Crippen LogP contribution in [0.25, 0.3) is 0 Å². The van der Waals surface area contributed by atoms with Crippen molar-refractivity contribution < 1.29 is 19.1 Å². The highest BCUT2D eigenvalue weighted by Crippen LogP contribution is 2.38. The average molecular weight is 402 g/mol. The van der Waals surface area contributed by atoms with E-state index in [4.69, 9.17) is 9.47 Å². The summed E-state index contributed by atoms with van der Waals surface area (Å²) in [5.74, 6) is 0.779. The monoisotopic (exact) mass is 401 g/mol. The van der Waals surface area contributed by atoms with Gasteiger partial charge in [-0.25, -0.2) is 4.79 Å². The van der Waals surface area contributed by atoms with E-state index < -0.39 is 5.54 Å². The normalized spacial score (nSPS) is 23.2. The second-order valence-electron chi connectivity index (χ2n) is 8.31. The lowest BCUT2D eigenvalue weighted by atomic mass is 9.84. The predicted molar refractivity (Wildman–Crippen MR) is 109 cm³/mol. The number of nitrogens with zero attached hydrogens (tertiary/aromatic N) is 3. The van der Waals surface area contributed by atoms with Crippen molar-refractivity contribution in [2.75, 3.05) is 47.0 Å². The first-order valence-corrected chi connectivity index (χ1v) is 10.6. The van der Waals surface area contributed by atoms with E-state index in [0.717, 1.165) is 56.9 Å². The molecule has 0 unspecified atom stereocenters. The van der Waals surface area contributed by atoms with Crippen LogP contribution in [-0.4, -0.2) is 85.2 Å². The Bertz CT molecular complexity index is 737. The molecule has 0 aliphatic carbocycles. The number of carbonyl (C=O) groups excluding carboxylic acids is 2. The van der Waals surface area contributed by atoms with Crippen molar-refractivity contribution in [1.29, 1.82) is 0 Å². The third-order valence-electron chi connectivity index (χ3n) is 6.85. The van der Waals surface area contributed by atoms with Gasteiger partial charge in [-0.1, -0.05) is 12.1 Å². The Labute approximate surface area is 172 Å². The van der Waals surface area contributed by atoms with Gasteiger partial charge in [-0.3, -0.25) is 9.69 Å². The van der Waals surface area contributed by atoms with Crippen LogP contribution in [0, 0.1) is 0 Å². The Hall–Kier alpha value is -2.12. The topological polar surface area (TPSA) is 62.3 Å². The Balaban J connectivity index is 1.45. The number of piperidine rings is 1. The van der Waals surface area contributed by atoms with Gasteiger partial charge in [-0.2, -0.15) is 0 Å². The van der Waals surface area contributed by atoms with Crippen molar-refractivity contribution in [2.45, 2.75) is 43.7 Å². The van der Waals surface area contributed by atoms with Crippen LogP contribution in [0.2, 0.25) is 0 Å². The Morgan fingerprint density at radius 3 is 2.38 bits per heavy atom. The number of likely N-dealkylation sites (N-methyl/N-ethyl adjacent to an activating group) is 1. The second kappa shape index (κ2) is 8.32. The van der Waals surface area contributed by atoms with Crippen molar-refractivity contribution in [2.24, 2.45) is 0 Å². The fourth-order valence-electron chi connectivity index (χ4n) is 5.01. The first-order valence-electron chi connectivity index (χ1n) is 10.6. The number of hydrogen-bond acceptors (Lipinski definition) is 5. The summed E-state index contributed by atoms with van der Waals surface area (Å²) in [4.78, 5) is 31.6. The van der Waals surface area contributed by atoms with Crippen molar-refractivity contribution in [3.8, 4) is 5.75 Å². The van der Waals surface area contributed by atoms with Gasteiger partial charge in [0, 0.05) is 45.9 Å². The highest BCUT2D eigenvalue weighted by Gasteiger charge is 2.56. The molecule has 0 aromatic heterocycles. The number of amides is 3. The van der Waals surface area contributed by atoms with E-state index in [1.807, 2.05) is 29.2 Å². The molecule has 0 atom stereocenters. The van der Waals surface area contributed by atoms with Crippen LogP contribution in [0.4, 0.5) is 4.79 Å². The SMILES string of the molecule is COc1ccc(CCN2C(=O)N(C)C(=O)C23CCN(C2CCOCC2)CC3)cc1. The minimum atomic E-state index is -0.681. The number of rotatable bonds is 5. The summed E-state index contributed by atoms with van der Waals surface area (Å²) in [5.41, 5.74) is 0.454. The maximum absolute atomic E-state index is 13.1. The molecule has 1 aromatic carbocycles. The summed E-state index contributed by atoms with van der Waals surface area (Å²) in [6.07, 6.45) is 4.26. The minimum absolute atomic E-state index is 0.0381. The highest BCUT2D eigenvalue weighted by molar-refractivity contribution is 6.06. The molecule has 158 valence electrons. The number of benzene rings is 1. The first-order chi connectivity index (χ1) is 14.0. The van der Waals surface area contributed by atoms with E-state index in [1.165, 1.54) is 4.90 Å². The third-order valence-corrected chi connectivity index (χ3v) is 6.85. The number of ether oxygens (including phenoxy) is 2. The second-order valence-corrected chi connectivity index (χ2v) is 8.31. The lowest BCUT2D eigenvalue weighted by Crippen LogP contribution is -2.58. The molecule has 3 aliphatic heterocycles. The minimum Gasteiger partial charge on any atom is -0.497 e. The molecule has 1 spiro atoms. The summed E-state index contributed by atoms with van der Waals surface area (Å²) in [6, 6.07) is 8.28. The van der Waals surface area contributed by atoms with Crippen molar-refractivity contribution in [1.82, 2.24) is 14.7 Å². The quantitative estimate of drug-likeness (QED) is 0.708. The van der Waals surface area contributed by atoms with Gasteiger partial charge in [-0.05, 0) is 49.8 Å². The zero-order chi connectivity index (χ0) is 20.4. The summed E-state index contributed by atoms with van der Waals surface area (Å²) >= 11 is 0. The molecule has 1 aromatic rings. The Morgan fingerprint density at radius 2 is 1.76 bits per heavy atom. The fourth-order valence-corrected chi connectivity index (χ4v) is 5.01. The average Bonchev–Trinajstić information content (AvgIpc) is 2.95. The van der Waals surface area contributed by atoms with Gasteiger partial charge in [0.05, 0.1) is 7.11 Å². The van der Waals surface area contributed by atoms with Gasteiger partial charge >= 0.3 is 6.03 Å². The van der Waals surface area contributed by atoms with Crippen molar-refractivity contribution in [3.05, 3.63) is 29.8 Å². The molecule has 3 aliphatic rings. The van der Waals surface area contributed by atoms with Crippen LogP contribution in [0.3, 0.4) is 0 Å². The molecule has 3 heterocycles. The van der Waals surface area contributed by atoms with Gasteiger partial charge in [0.2, 0.25) is 0 Å². The highest BCUT2D eigenvalue weighted by atomic mass is 16.5. The lowest BCUT2D eigenvalue weighted by Gasteiger charge is -2.45. The van der Waals surface area contributed by atoms with E-state index in [1.54, 1.807) is 14.2 Å². The largest absolute Gasteiger partial charge is 0.497 e. The van der Waals surface area contributed by atoms with E-state index in [2.05, 4.69) is 4.90 Å². The smallest absolute Gasteiger partial charge is 0.327 e. The molecule has 29 heavy (non-hydrogen) atoms. The number of urea groups is 1. The van der Waals surface area contributed by atoms with Crippen molar-refractivity contribution in [3.63, 3.8) is 0 Å². The molecule has 3 fully saturated rings. The number of imide groups is 1. The number of likely N-dealkylation sites (tertiary alicyclic amines) is 1.